The van der Waals surface area contributed by atoms with Gasteiger partial charge in [0.1, 0.15) is 17.4 Å². The van der Waals surface area contributed by atoms with E-state index in [2.05, 4.69) is 53.7 Å². The second-order valence-electron chi connectivity index (χ2n) is 8.89. The van der Waals surface area contributed by atoms with Crippen molar-refractivity contribution >= 4 is 5.97 Å². The van der Waals surface area contributed by atoms with Gasteiger partial charge in [0.15, 0.2) is 0 Å². The largest absolute Gasteiger partial charge is 0.508 e. The summed E-state index contributed by atoms with van der Waals surface area (Å²) in [6.45, 7) is 12.9. The first-order valence-corrected chi connectivity index (χ1v) is 8.68. The number of aromatic hydroxyl groups is 1. The third kappa shape index (κ3) is 3.15. The molecule has 1 N–H and O–H groups in total. The molecule has 0 amide bonds. The molecular formula is C22H26O3. The number of fused-ring (bicyclic) bond motifs is 1. The predicted molar refractivity (Wildman–Crippen MR) is 99.4 cm³/mol. The highest BCUT2D eigenvalue weighted by atomic mass is 16.6. The topological polar surface area (TPSA) is 46.5 Å². The molecule has 3 heteroatoms. The van der Waals surface area contributed by atoms with E-state index in [4.69, 9.17) is 4.74 Å². The molecule has 0 saturated carbocycles. The molecule has 0 aliphatic carbocycles. The van der Waals surface area contributed by atoms with Gasteiger partial charge in [0.2, 0.25) is 0 Å². The second-order valence-corrected chi connectivity index (χ2v) is 8.89. The summed E-state index contributed by atoms with van der Waals surface area (Å²) in [6, 6.07) is 11.1. The van der Waals surface area contributed by atoms with Gasteiger partial charge in [0.05, 0.1) is 0 Å². The number of phenolic OH excluding ortho intramolecular Hbond substituents is 1. The predicted octanol–water partition coefficient (Wildman–Crippen LogP) is 5.04. The summed E-state index contributed by atoms with van der Waals surface area (Å²) in [4.78, 5) is 12.7. The van der Waals surface area contributed by atoms with Crippen LogP contribution in [0.4, 0.5) is 0 Å². The highest BCUT2D eigenvalue weighted by molar-refractivity contribution is 5.90. The molecular weight excluding hydrogens is 313 g/mol. The lowest BCUT2D eigenvalue weighted by Gasteiger charge is -2.27. The van der Waals surface area contributed by atoms with Gasteiger partial charge in [-0.05, 0) is 34.1 Å². The molecule has 2 aromatic carbocycles. The van der Waals surface area contributed by atoms with E-state index in [1.807, 2.05) is 0 Å². The fraction of sp³-hybridized carbons (Fsp3) is 0.409. The Morgan fingerprint density at radius 3 is 2.04 bits per heavy atom. The lowest BCUT2D eigenvalue weighted by atomic mass is 9.78. The fourth-order valence-corrected chi connectivity index (χ4v) is 3.24. The molecule has 0 bridgehead atoms. The minimum Gasteiger partial charge on any atom is -0.508 e. The maximum atomic E-state index is 12.7. The first-order valence-electron chi connectivity index (χ1n) is 8.68. The Hall–Kier alpha value is -2.29. The van der Waals surface area contributed by atoms with Crippen LogP contribution in [-0.2, 0) is 15.6 Å². The molecule has 0 saturated heterocycles. The van der Waals surface area contributed by atoms with Crippen molar-refractivity contribution in [3.05, 3.63) is 58.7 Å². The number of rotatable bonds is 1. The zero-order valence-corrected chi connectivity index (χ0v) is 15.8. The van der Waals surface area contributed by atoms with E-state index in [0.29, 0.717) is 5.75 Å². The zero-order valence-electron chi connectivity index (χ0n) is 15.8. The van der Waals surface area contributed by atoms with E-state index in [1.165, 1.54) is 5.56 Å². The highest BCUT2D eigenvalue weighted by Gasteiger charge is 2.39. The van der Waals surface area contributed by atoms with E-state index < -0.39 is 5.92 Å². The van der Waals surface area contributed by atoms with Crippen molar-refractivity contribution in [3.63, 3.8) is 0 Å². The third-order valence-corrected chi connectivity index (χ3v) is 4.77. The van der Waals surface area contributed by atoms with Gasteiger partial charge in [0.25, 0.3) is 0 Å². The summed E-state index contributed by atoms with van der Waals surface area (Å²) in [5.41, 5.74) is 3.86. The molecule has 132 valence electrons. The van der Waals surface area contributed by atoms with E-state index >= 15 is 0 Å². The molecule has 1 aliphatic heterocycles. The first kappa shape index (κ1) is 17.5. The van der Waals surface area contributed by atoms with Crippen LogP contribution in [-0.4, -0.2) is 11.1 Å². The number of ether oxygens (including phenoxy) is 1. The molecule has 1 heterocycles. The van der Waals surface area contributed by atoms with Gasteiger partial charge in [-0.15, -0.1) is 0 Å². The summed E-state index contributed by atoms with van der Waals surface area (Å²) in [7, 11) is 0. The zero-order chi connectivity index (χ0) is 18.6. The van der Waals surface area contributed by atoms with Crippen molar-refractivity contribution in [2.45, 2.75) is 58.3 Å². The smallest absolute Gasteiger partial charge is 0.323 e. The van der Waals surface area contributed by atoms with Crippen LogP contribution in [0.15, 0.2) is 36.4 Å². The van der Waals surface area contributed by atoms with Gasteiger partial charge in [-0.2, -0.15) is 0 Å². The maximum absolute atomic E-state index is 12.7. The van der Waals surface area contributed by atoms with Gasteiger partial charge in [-0.1, -0.05) is 65.8 Å². The second kappa shape index (κ2) is 5.62. The van der Waals surface area contributed by atoms with Crippen molar-refractivity contribution in [1.29, 1.82) is 0 Å². The van der Waals surface area contributed by atoms with Gasteiger partial charge >= 0.3 is 5.97 Å². The number of hydrogen-bond acceptors (Lipinski definition) is 3. The molecule has 1 atom stereocenters. The Bertz CT molecular complexity index is 818. The molecule has 0 radical (unpaired) electrons. The van der Waals surface area contributed by atoms with E-state index in [-0.39, 0.29) is 22.5 Å². The Kier molecular flexibility index (Phi) is 3.94. The van der Waals surface area contributed by atoms with Gasteiger partial charge in [-0.3, -0.25) is 4.79 Å². The lowest BCUT2D eigenvalue weighted by Crippen LogP contribution is -2.17. The van der Waals surface area contributed by atoms with Crippen LogP contribution in [0.2, 0.25) is 0 Å². The Labute approximate surface area is 149 Å². The van der Waals surface area contributed by atoms with Crippen molar-refractivity contribution < 1.29 is 14.6 Å². The summed E-state index contributed by atoms with van der Waals surface area (Å²) < 4.78 is 5.73. The Morgan fingerprint density at radius 1 is 0.920 bits per heavy atom. The van der Waals surface area contributed by atoms with Crippen molar-refractivity contribution in [3.8, 4) is 11.5 Å². The van der Waals surface area contributed by atoms with Crippen LogP contribution in [0.3, 0.4) is 0 Å². The normalized spacial score (nSPS) is 17.4. The lowest BCUT2D eigenvalue weighted by molar-refractivity contribution is -0.133. The van der Waals surface area contributed by atoms with Crippen LogP contribution in [0.1, 0.15) is 69.7 Å². The minimum absolute atomic E-state index is 0.0276. The number of carbonyl (C=O) groups is 1. The molecule has 0 spiro atoms. The van der Waals surface area contributed by atoms with Gasteiger partial charge in [0, 0.05) is 11.1 Å². The first-order chi connectivity index (χ1) is 11.5. The maximum Gasteiger partial charge on any atom is 0.323 e. The van der Waals surface area contributed by atoms with E-state index in [0.717, 1.165) is 16.7 Å². The summed E-state index contributed by atoms with van der Waals surface area (Å²) in [5, 5.41) is 9.55. The molecule has 1 aliphatic rings. The molecule has 25 heavy (non-hydrogen) atoms. The van der Waals surface area contributed by atoms with Crippen LogP contribution in [0.5, 0.6) is 11.5 Å². The third-order valence-electron chi connectivity index (χ3n) is 4.77. The van der Waals surface area contributed by atoms with Gasteiger partial charge < -0.3 is 9.84 Å². The number of phenols is 1. The Balaban J connectivity index is 2.24. The number of carbonyl (C=O) groups excluding carboxylic acids is 1. The quantitative estimate of drug-likeness (QED) is 0.450. The van der Waals surface area contributed by atoms with Crippen LogP contribution in [0.25, 0.3) is 0 Å². The summed E-state index contributed by atoms with van der Waals surface area (Å²) in [6.07, 6.45) is 0. The van der Waals surface area contributed by atoms with Crippen molar-refractivity contribution in [1.82, 2.24) is 0 Å². The monoisotopic (exact) mass is 339 g/mol. The Morgan fingerprint density at radius 2 is 1.52 bits per heavy atom. The molecule has 0 aromatic heterocycles. The fourth-order valence-electron chi connectivity index (χ4n) is 3.24. The van der Waals surface area contributed by atoms with Crippen LogP contribution in [0, 0.1) is 0 Å². The summed E-state index contributed by atoms with van der Waals surface area (Å²) in [5.74, 6) is 0.189. The molecule has 3 rings (SSSR count). The van der Waals surface area contributed by atoms with E-state index in [1.54, 1.807) is 24.3 Å². The SMILES string of the molecule is CC(C)(C)c1cc2c(c(C(C)(C)C)c1)O[13C](=O)C2c1ccc(O)cc1. The summed E-state index contributed by atoms with van der Waals surface area (Å²) >= 11 is 0. The molecule has 2 aromatic rings. The highest BCUT2D eigenvalue weighted by Crippen LogP contribution is 2.47. The number of esters is 1. The average Bonchev–Trinajstić information content (AvgIpc) is 2.81. The van der Waals surface area contributed by atoms with Gasteiger partial charge in [-0.25, -0.2) is 0 Å². The van der Waals surface area contributed by atoms with Crippen LogP contribution < -0.4 is 4.74 Å². The standard InChI is InChI=1S/C22H26O3/c1-21(2,3)14-11-16-18(13-7-9-15(23)10-8-13)20(24)25-19(16)17(12-14)22(4,5)6/h7-12,18,23H,1-6H3/i20+1. The number of benzene rings is 2. The molecule has 0 fully saturated rings. The van der Waals surface area contributed by atoms with Crippen LogP contribution >= 0.6 is 0 Å². The van der Waals surface area contributed by atoms with Crippen molar-refractivity contribution in [2.75, 3.05) is 0 Å². The number of hydrogen-bond donors (Lipinski definition) is 1. The van der Waals surface area contributed by atoms with E-state index in [9.17, 15) is 9.90 Å². The van der Waals surface area contributed by atoms with Crippen molar-refractivity contribution in [2.24, 2.45) is 0 Å². The molecule has 1 unspecified atom stereocenters. The molecule has 3 nitrogen and oxygen atoms in total. The average molecular weight is 339 g/mol. The minimum atomic E-state index is -0.445.